The number of aryl methyl sites for hydroxylation is 1. The van der Waals surface area contributed by atoms with E-state index in [1.54, 1.807) is 0 Å². The Morgan fingerprint density at radius 2 is 1.50 bits per heavy atom. The number of hydrogen-bond donors (Lipinski definition) is 0. The highest BCUT2D eigenvalue weighted by atomic mass is 19.1. The fourth-order valence-electron chi connectivity index (χ4n) is 6.17. The van der Waals surface area contributed by atoms with Gasteiger partial charge in [0.15, 0.2) is 0 Å². The molecule has 0 N–H and O–H groups in total. The van der Waals surface area contributed by atoms with E-state index < -0.39 is 5.97 Å². The number of hydrogen-bond acceptors (Lipinski definition) is 2. The zero-order valence-corrected chi connectivity index (χ0v) is 21.6. The summed E-state index contributed by atoms with van der Waals surface area (Å²) in [6.45, 7) is 4.42. The van der Waals surface area contributed by atoms with Gasteiger partial charge in [0.2, 0.25) is 0 Å². The smallest absolute Gasteiger partial charge is 0.342 e. The van der Waals surface area contributed by atoms with Gasteiger partial charge in [-0.1, -0.05) is 93.8 Å². The molecule has 0 amide bonds. The predicted octanol–water partition coefficient (Wildman–Crippen LogP) is 8.97. The average Bonchev–Trinajstić information content (AvgIpc) is 2.90. The molecule has 0 aromatic heterocycles. The molecule has 3 aromatic rings. The number of ether oxygens (including phenoxy) is 1. The maximum absolute atomic E-state index is 15.6. The van der Waals surface area contributed by atoms with Crippen LogP contribution in [0, 0.1) is 11.7 Å². The molecule has 2 aliphatic rings. The zero-order valence-electron chi connectivity index (χ0n) is 21.6. The highest BCUT2D eigenvalue weighted by Crippen LogP contribution is 2.41. The fraction of sp³-hybridized carbons (Fsp3) is 0.424. The fourth-order valence-corrected chi connectivity index (χ4v) is 6.17. The predicted molar refractivity (Wildman–Crippen MR) is 144 cm³/mol. The Labute approximate surface area is 214 Å². The van der Waals surface area contributed by atoms with Crippen LogP contribution in [0.2, 0.25) is 0 Å². The van der Waals surface area contributed by atoms with Gasteiger partial charge in [0.25, 0.3) is 0 Å². The second-order valence-corrected chi connectivity index (χ2v) is 10.7. The van der Waals surface area contributed by atoms with Crippen LogP contribution in [0.1, 0.15) is 103 Å². The second kappa shape index (κ2) is 11.0. The van der Waals surface area contributed by atoms with E-state index in [1.807, 2.05) is 24.3 Å². The van der Waals surface area contributed by atoms with Crippen LogP contribution in [0.5, 0.6) is 0 Å². The summed E-state index contributed by atoms with van der Waals surface area (Å²) in [6.07, 6.45) is 9.15. The highest BCUT2D eigenvalue weighted by molar-refractivity contribution is 5.93. The first-order valence-corrected chi connectivity index (χ1v) is 13.8. The molecule has 1 aliphatic carbocycles. The quantitative estimate of drug-likeness (QED) is 0.313. The van der Waals surface area contributed by atoms with Crippen molar-refractivity contribution in [3.8, 4) is 11.1 Å². The topological polar surface area (TPSA) is 26.3 Å². The molecule has 5 rings (SSSR count). The largest absolute Gasteiger partial charge is 0.453 e. The lowest BCUT2D eigenvalue weighted by Gasteiger charge is -2.31. The van der Waals surface area contributed by atoms with Crippen molar-refractivity contribution in [3.63, 3.8) is 0 Å². The van der Waals surface area contributed by atoms with Crippen LogP contribution in [0.25, 0.3) is 11.1 Å². The summed E-state index contributed by atoms with van der Waals surface area (Å²) >= 11 is 0. The maximum Gasteiger partial charge on any atom is 0.342 e. The Morgan fingerprint density at radius 1 is 0.833 bits per heavy atom. The molecular formula is C33H37FO2. The summed E-state index contributed by atoms with van der Waals surface area (Å²) < 4.78 is 21.4. The van der Waals surface area contributed by atoms with Gasteiger partial charge in [0.1, 0.15) is 11.9 Å². The molecule has 1 saturated carbocycles. The van der Waals surface area contributed by atoms with E-state index in [4.69, 9.17) is 4.74 Å². The van der Waals surface area contributed by atoms with Crippen molar-refractivity contribution in [2.45, 2.75) is 83.7 Å². The first-order valence-electron chi connectivity index (χ1n) is 13.8. The first kappa shape index (κ1) is 24.7. The summed E-state index contributed by atoms with van der Waals surface area (Å²) in [7, 11) is 0. The van der Waals surface area contributed by atoms with Gasteiger partial charge < -0.3 is 4.74 Å². The molecule has 0 bridgehead atoms. The average molecular weight is 485 g/mol. The lowest BCUT2D eigenvalue weighted by atomic mass is 9.76. The van der Waals surface area contributed by atoms with Crippen LogP contribution < -0.4 is 0 Å². The van der Waals surface area contributed by atoms with Gasteiger partial charge in [-0.3, -0.25) is 0 Å². The maximum atomic E-state index is 15.6. The van der Waals surface area contributed by atoms with Crippen molar-refractivity contribution in [2.75, 3.05) is 0 Å². The van der Waals surface area contributed by atoms with Crippen molar-refractivity contribution in [3.05, 3.63) is 94.3 Å². The van der Waals surface area contributed by atoms with E-state index in [-0.39, 0.29) is 23.4 Å². The van der Waals surface area contributed by atoms with Gasteiger partial charge in [-0.05, 0) is 77.3 Å². The van der Waals surface area contributed by atoms with Crippen molar-refractivity contribution in [2.24, 2.45) is 5.92 Å². The standard InChI is InChI=1S/C33H37FO2/c1-3-5-22-7-11-24(12-8-22)25-15-17-27(18-16-25)30-21-28-19-20-29(32(34)31(28)33(35)36-30)26-13-9-23(6-4-2)10-14-26/h7-8,11-12,15-20,23,26,30H,3-6,9-10,13-14,21H2,1-2H3. The lowest BCUT2D eigenvalue weighted by Crippen LogP contribution is -2.24. The van der Waals surface area contributed by atoms with Crippen molar-refractivity contribution in [1.29, 1.82) is 0 Å². The molecule has 1 unspecified atom stereocenters. The van der Waals surface area contributed by atoms with Crippen LogP contribution >= 0.6 is 0 Å². The normalized spacial score (nSPS) is 21.6. The van der Waals surface area contributed by atoms with E-state index >= 15 is 4.39 Å². The molecule has 1 atom stereocenters. The third kappa shape index (κ3) is 5.12. The molecule has 0 radical (unpaired) electrons. The van der Waals surface area contributed by atoms with Crippen LogP contribution in [-0.4, -0.2) is 5.97 Å². The summed E-state index contributed by atoms with van der Waals surface area (Å²) in [5.41, 5.74) is 6.22. The van der Waals surface area contributed by atoms with Crippen LogP contribution in [0.15, 0.2) is 60.7 Å². The lowest BCUT2D eigenvalue weighted by molar-refractivity contribution is 0.0245. The molecule has 188 valence electrons. The Balaban J connectivity index is 1.30. The molecule has 36 heavy (non-hydrogen) atoms. The minimum absolute atomic E-state index is 0.156. The van der Waals surface area contributed by atoms with Crippen molar-refractivity contribution in [1.82, 2.24) is 0 Å². The van der Waals surface area contributed by atoms with Crippen molar-refractivity contribution < 1.29 is 13.9 Å². The van der Waals surface area contributed by atoms with Crippen LogP contribution in [-0.2, 0) is 17.6 Å². The number of benzene rings is 3. The first-order chi connectivity index (χ1) is 17.6. The Kier molecular flexibility index (Phi) is 7.55. The summed E-state index contributed by atoms with van der Waals surface area (Å²) in [4.78, 5) is 13.0. The SMILES string of the molecule is CCCc1ccc(-c2ccc(C3Cc4ccc(C5CCC(CCC)CC5)c(F)c4C(=O)O3)cc2)cc1. The number of carbonyl (C=O) groups is 1. The molecule has 1 aliphatic heterocycles. The Hall–Kier alpha value is -2.94. The minimum atomic E-state index is -0.532. The van der Waals surface area contributed by atoms with Gasteiger partial charge >= 0.3 is 5.97 Å². The third-order valence-electron chi connectivity index (χ3n) is 8.21. The van der Waals surface area contributed by atoms with E-state index in [2.05, 4.69) is 50.2 Å². The number of cyclic esters (lactones) is 1. The number of rotatable bonds is 7. The number of fused-ring (bicyclic) bond motifs is 1. The number of carbonyl (C=O) groups excluding carboxylic acids is 1. The molecule has 3 heteroatoms. The van der Waals surface area contributed by atoms with Gasteiger partial charge in [0, 0.05) is 6.42 Å². The molecule has 1 fully saturated rings. The van der Waals surface area contributed by atoms with E-state index in [0.717, 1.165) is 61.1 Å². The second-order valence-electron chi connectivity index (χ2n) is 10.7. The third-order valence-corrected chi connectivity index (χ3v) is 8.21. The zero-order chi connectivity index (χ0) is 25.1. The van der Waals surface area contributed by atoms with Gasteiger partial charge in [0.05, 0.1) is 5.56 Å². The summed E-state index contributed by atoms with van der Waals surface area (Å²) in [6, 6.07) is 20.8. The summed E-state index contributed by atoms with van der Waals surface area (Å²) in [5.74, 6) is 0.0922. The molecular weight excluding hydrogens is 447 g/mol. The number of esters is 1. The van der Waals surface area contributed by atoms with Crippen LogP contribution in [0.3, 0.4) is 0 Å². The molecule has 0 spiro atoms. The molecule has 3 aromatic carbocycles. The van der Waals surface area contributed by atoms with E-state index in [0.29, 0.717) is 12.0 Å². The van der Waals surface area contributed by atoms with E-state index in [1.165, 1.54) is 24.0 Å². The Morgan fingerprint density at radius 3 is 2.14 bits per heavy atom. The molecule has 0 saturated heterocycles. The van der Waals surface area contributed by atoms with Gasteiger partial charge in [-0.2, -0.15) is 0 Å². The minimum Gasteiger partial charge on any atom is -0.453 e. The van der Waals surface area contributed by atoms with E-state index in [9.17, 15) is 4.79 Å². The number of halogens is 1. The monoisotopic (exact) mass is 484 g/mol. The van der Waals surface area contributed by atoms with Gasteiger partial charge in [-0.15, -0.1) is 0 Å². The summed E-state index contributed by atoms with van der Waals surface area (Å²) in [5, 5.41) is 0. The molecule has 2 nitrogen and oxygen atoms in total. The van der Waals surface area contributed by atoms with Crippen molar-refractivity contribution >= 4 is 5.97 Å². The van der Waals surface area contributed by atoms with Crippen LogP contribution in [0.4, 0.5) is 4.39 Å². The van der Waals surface area contributed by atoms with Gasteiger partial charge in [-0.25, -0.2) is 9.18 Å². The molecule has 1 heterocycles. The Bertz CT molecular complexity index is 1190. The highest BCUT2D eigenvalue weighted by Gasteiger charge is 2.33.